The highest BCUT2D eigenvalue weighted by atomic mass is 16.3. The van der Waals surface area contributed by atoms with Crippen molar-refractivity contribution < 1.29 is 5.11 Å². The lowest BCUT2D eigenvalue weighted by molar-refractivity contribution is 0.108. The molecular formula is C11H22N2O. The molecule has 1 N–H and O–H groups in total. The molecule has 2 aliphatic rings. The van der Waals surface area contributed by atoms with Crippen LogP contribution in [0.25, 0.3) is 0 Å². The second-order valence-electron chi connectivity index (χ2n) is 4.69. The summed E-state index contributed by atoms with van der Waals surface area (Å²) >= 11 is 0. The zero-order chi connectivity index (χ0) is 9.97. The van der Waals surface area contributed by atoms with Crippen LogP contribution in [0.5, 0.6) is 0 Å². The van der Waals surface area contributed by atoms with Crippen molar-refractivity contribution >= 4 is 0 Å². The lowest BCUT2D eigenvalue weighted by Gasteiger charge is -2.36. The quantitative estimate of drug-likeness (QED) is 0.714. The molecule has 0 spiro atoms. The average Bonchev–Trinajstić information content (AvgIpc) is 3.02. The Kier molecular flexibility index (Phi) is 3.42. The summed E-state index contributed by atoms with van der Waals surface area (Å²) in [5.41, 5.74) is 0. The molecule has 1 heterocycles. The molecule has 0 bridgehead atoms. The number of piperidine rings is 1. The highest BCUT2D eigenvalue weighted by Crippen LogP contribution is 2.29. The van der Waals surface area contributed by atoms with Crippen LogP contribution in [-0.4, -0.2) is 60.3 Å². The number of nitrogens with zero attached hydrogens (tertiary/aromatic N) is 2. The van der Waals surface area contributed by atoms with Crippen molar-refractivity contribution in [1.29, 1.82) is 0 Å². The number of aliphatic hydroxyl groups excluding tert-OH is 1. The van der Waals surface area contributed by atoms with Crippen molar-refractivity contribution in [3.8, 4) is 0 Å². The van der Waals surface area contributed by atoms with Crippen molar-refractivity contribution in [2.75, 3.05) is 33.3 Å². The van der Waals surface area contributed by atoms with Gasteiger partial charge in [-0.1, -0.05) is 0 Å². The highest BCUT2D eigenvalue weighted by Gasteiger charge is 2.32. The van der Waals surface area contributed by atoms with Gasteiger partial charge < -0.3 is 14.9 Å². The van der Waals surface area contributed by atoms with E-state index in [1.807, 2.05) is 0 Å². The summed E-state index contributed by atoms with van der Waals surface area (Å²) in [5, 5.41) is 8.84. The second-order valence-corrected chi connectivity index (χ2v) is 4.69. The summed E-state index contributed by atoms with van der Waals surface area (Å²) in [7, 11) is 2.28. The number of β-amino-alcohol motifs (C(OH)–C–C–N with tert-alkyl or cyclic N) is 1. The first-order valence-electron chi connectivity index (χ1n) is 5.86. The summed E-state index contributed by atoms with van der Waals surface area (Å²) in [6.45, 7) is 3.51. The van der Waals surface area contributed by atoms with Crippen molar-refractivity contribution in [1.82, 2.24) is 9.80 Å². The van der Waals surface area contributed by atoms with Gasteiger partial charge in [-0.3, -0.25) is 0 Å². The Labute approximate surface area is 86.7 Å². The molecule has 0 amide bonds. The van der Waals surface area contributed by atoms with E-state index in [9.17, 15) is 0 Å². The van der Waals surface area contributed by atoms with Gasteiger partial charge in [-0.05, 0) is 45.8 Å². The summed E-state index contributed by atoms with van der Waals surface area (Å²) in [6, 6.07) is 1.70. The first-order valence-corrected chi connectivity index (χ1v) is 5.86. The number of hydrogen-bond donors (Lipinski definition) is 1. The van der Waals surface area contributed by atoms with Crippen LogP contribution < -0.4 is 0 Å². The molecule has 2 rings (SSSR count). The van der Waals surface area contributed by atoms with Crippen LogP contribution in [-0.2, 0) is 0 Å². The van der Waals surface area contributed by atoms with Crippen molar-refractivity contribution in [2.24, 2.45) is 0 Å². The molecule has 3 heteroatoms. The Hall–Kier alpha value is -0.120. The Balaban J connectivity index is 1.71. The Morgan fingerprint density at radius 1 is 1.14 bits per heavy atom. The maximum Gasteiger partial charge on any atom is 0.0558 e. The second kappa shape index (κ2) is 4.60. The molecule has 1 aliphatic carbocycles. The minimum Gasteiger partial charge on any atom is -0.395 e. The van der Waals surface area contributed by atoms with Crippen LogP contribution in [0.2, 0.25) is 0 Å². The van der Waals surface area contributed by atoms with Crippen molar-refractivity contribution in [3.63, 3.8) is 0 Å². The van der Waals surface area contributed by atoms with Gasteiger partial charge in [-0.2, -0.15) is 0 Å². The van der Waals surface area contributed by atoms with E-state index in [2.05, 4.69) is 16.8 Å². The van der Waals surface area contributed by atoms with Crippen LogP contribution in [0.15, 0.2) is 0 Å². The Bertz CT molecular complexity index is 174. The predicted molar refractivity (Wildman–Crippen MR) is 57.3 cm³/mol. The zero-order valence-corrected chi connectivity index (χ0v) is 9.15. The van der Waals surface area contributed by atoms with Crippen LogP contribution >= 0.6 is 0 Å². The van der Waals surface area contributed by atoms with E-state index in [-0.39, 0.29) is 0 Å². The van der Waals surface area contributed by atoms with Gasteiger partial charge in [0.25, 0.3) is 0 Å². The normalized spacial score (nSPS) is 25.9. The fourth-order valence-electron chi connectivity index (χ4n) is 2.47. The Morgan fingerprint density at radius 3 is 2.21 bits per heavy atom. The van der Waals surface area contributed by atoms with Crippen LogP contribution in [0.4, 0.5) is 0 Å². The first-order chi connectivity index (χ1) is 6.81. The molecule has 3 nitrogen and oxygen atoms in total. The van der Waals surface area contributed by atoms with Crippen molar-refractivity contribution in [3.05, 3.63) is 0 Å². The first kappa shape index (κ1) is 10.4. The summed E-state index contributed by atoms with van der Waals surface area (Å²) in [6.07, 6.45) is 5.39. The molecule has 2 fully saturated rings. The van der Waals surface area contributed by atoms with E-state index in [1.165, 1.54) is 38.8 Å². The van der Waals surface area contributed by atoms with E-state index in [0.29, 0.717) is 6.61 Å². The lowest BCUT2D eigenvalue weighted by atomic mass is 10.0. The van der Waals surface area contributed by atoms with Crippen molar-refractivity contribution in [2.45, 2.75) is 37.8 Å². The van der Waals surface area contributed by atoms with E-state index in [0.717, 1.165) is 18.6 Å². The summed E-state index contributed by atoms with van der Waals surface area (Å²) in [4.78, 5) is 4.95. The number of likely N-dealkylation sites (tertiary alicyclic amines) is 1. The molecule has 1 saturated heterocycles. The molecule has 0 radical (unpaired) electrons. The topological polar surface area (TPSA) is 26.7 Å². The van der Waals surface area contributed by atoms with E-state index < -0.39 is 0 Å². The number of rotatable bonds is 4. The van der Waals surface area contributed by atoms with Crippen LogP contribution in [0.1, 0.15) is 25.7 Å². The van der Waals surface area contributed by atoms with E-state index in [4.69, 9.17) is 5.11 Å². The fraction of sp³-hybridized carbons (Fsp3) is 1.00. The maximum absolute atomic E-state index is 8.84. The molecule has 0 unspecified atom stereocenters. The molecule has 0 aromatic carbocycles. The maximum atomic E-state index is 8.84. The van der Waals surface area contributed by atoms with Gasteiger partial charge in [-0.25, -0.2) is 0 Å². The SMILES string of the molecule is CN(C1CC1)C1CCN(CCO)CC1. The van der Waals surface area contributed by atoms with Gasteiger partial charge in [-0.15, -0.1) is 0 Å². The van der Waals surface area contributed by atoms with Gasteiger partial charge in [0, 0.05) is 18.6 Å². The predicted octanol–water partition coefficient (Wildman–Crippen LogP) is 0.537. The molecule has 14 heavy (non-hydrogen) atoms. The summed E-state index contributed by atoms with van der Waals surface area (Å²) in [5.74, 6) is 0. The van der Waals surface area contributed by atoms with E-state index in [1.54, 1.807) is 0 Å². The Morgan fingerprint density at radius 2 is 1.71 bits per heavy atom. The zero-order valence-electron chi connectivity index (χ0n) is 9.15. The molecule has 0 atom stereocenters. The molecule has 82 valence electrons. The monoisotopic (exact) mass is 198 g/mol. The highest BCUT2D eigenvalue weighted by molar-refractivity contribution is 4.88. The lowest BCUT2D eigenvalue weighted by Crippen LogP contribution is -2.44. The van der Waals surface area contributed by atoms with Gasteiger partial charge >= 0.3 is 0 Å². The van der Waals surface area contributed by atoms with Crippen LogP contribution in [0.3, 0.4) is 0 Å². The third-order valence-corrected chi connectivity index (χ3v) is 3.67. The molecule has 0 aromatic heterocycles. The minimum absolute atomic E-state index is 0.309. The molecule has 1 saturated carbocycles. The fourth-order valence-corrected chi connectivity index (χ4v) is 2.47. The summed E-state index contributed by atoms with van der Waals surface area (Å²) < 4.78 is 0. The number of hydrogen-bond acceptors (Lipinski definition) is 3. The smallest absolute Gasteiger partial charge is 0.0558 e. The van der Waals surface area contributed by atoms with E-state index >= 15 is 0 Å². The van der Waals surface area contributed by atoms with Crippen LogP contribution in [0, 0.1) is 0 Å². The third kappa shape index (κ3) is 2.47. The van der Waals surface area contributed by atoms with Gasteiger partial charge in [0.15, 0.2) is 0 Å². The molecule has 0 aromatic rings. The standard InChI is InChI=1S/C11H22N2O/c1-12(10-2-3-10)11-4-6-13(7-5-11)8-9-14/h10-11,14H,2-9H2,1H3. The molecule has 1 aliphatic heterocycles. The molecular weight excluding hydrogens is 176 g/mol. The van der Waals surface area contributed by atoms with Gasteiger partial charge in [0.05, 0.1) is 6.61 Å². The average molecular weight is 198 g/mol. The van der Waals surface area contributed by atoms with Gasteiger partial charge in [0.2, 0.25) is 0 Å². The third-order valence-electron chi connectivity index (χ3n) is 3.67. The minimum atomic E-state index is 0.309. The van der Waals surface area contributed by atoms with Gasteiger partial charge in [0.1, 0.15) is 0 Å². The largest absolute Gasteiger partial charge is 0.395 e. The number of aliphatic hydroxyl groups is 1.